The van der Waals surface area contributed by atoms with Gasteiger partial charge in [0.1, 0.15) is 6.04 Å². The fourth-order valence-corrected chi connectivity index (χ4v) is 1.66. The molecule has 5 nitrogen and oxygen atoms in total. The molecule has 1 aromatic heterocycles. The Hall–Kier alpha value is -1.78. The number of ether oxygens (including phenoxy) is 2. The van der Waals surface area contributed by atoms with Crippen LogP contribution in [0.2, 0.25) is 0 Å². The van der Waals surface area contributed by atoms with Gasteiger partial charge in [-0.15, -0.1) is 0 Å². The highest BCUT2D eigenvalue weighted by Crippen LogP contribution is 2.22. The second kappa shape index (κ2) is 6.83. The van der Waals surface area contributed by atoms with Crippen molar-refractivity contribution in [2.45, 2.75) is 26.3 Å². The summed E-state index contributed by atoms with van der Waals surface area (Å²) in [6.07, 6.45) is 2.32. The number of carbonyl (C=O) groups excluding carboxylic acids is 1. The third-order valence-electron chi connectivity index (χ3n) is 2.49. The molecule has 0 bridgehead atoms. The highest BCUT2D eigenvalue weighted by atomic mass is 16.5. The molecule has 1 N–H and O–H groups in total. The zero-order chi connectivity index (χ0) is 13.5. The van der Waals surface area contributed by atoms with Crippen molar-refractivity contribution in [3.8, 4) is 5.75 Å². The standard InChI is InChI=1S/C13H20N2O3/c1-9(2)8-10(13(16)18-4)15-12-11(17-3)6-5-7-14-12/h5-7,9-10H,8H2,1-4H3,(H,14,15). The molecule has 1 atom stereocenters. The van der Waals surface area contributed by atoms with Gasteiger partial charge in [0.15, 0.2) is 11.6 Å². The molecule has 0 aliphatic heterocycles. The zero-order valence-corrected chi connectivity index (χ0v) is 11.3. The normalized spacial score (nSPS) is 12.1. The van der Waals surface area contributed by atoms with Crippen molar-refractivity contribution >= 4 is 11.8 Å². The molecule has 0 fully saturated rings. The predicted octanol–water partition coefficient (Wildman–Crippen LogP) is 2.09. The third-order valence-corrected chi connectivity index (χ3v) is 2.49. The lowest BCUT2D eigenvalue weighted by Gasteiger charge is -2.19. The van der Waals surface area contributed by atoms with E-state index in [9.17, 15) is 4.79 Å². The number of nitrogens with one attached hydrogen (secondary N) is 1. The fraction of sp³-hybridized carbons (Fsp3) is 0.538. The Morgan fingerprint density at radius 2 is 2.17 bits per heavy atom. The van der Waals surface area contributed by atoms with Crippen molar-refractivity contribution in [3.05, 3.63) is 18.3 Å². The van der Waals surface area contributed by atoms with Crippen molar-refractivity contribution in [2.24, 2.45) is 5.92 Å². The van der Waals surface area contributed by atoms with E-state index in [2.05, 4.69) is 10.3 Å². The Balaban J connectivity index is 2.85. The number of methoxy groups -OCH3 is 2. The summed E-state index contributed by atoms with van der Waals surface area (Å²) >= 11 is 0. The van der Waals surface area contributed by atoms with Gasteiger partial charge in [0.25, 0.3) is 0 Å². The highest BCUT2D eigenvalue weighted by molar-refractivity contribution is 5.79. The van der Waals surface area contributed by atoms with Crippen molar-refractivity contribution in [2.75, 3.05) is 19.5 Å². The summed E-state index contributed by atoms with van der Waals surface area (Å²) in [6.45, 7) is 4.10. The van der Waals surface area contributed by atoms with Crippen LogP contribution < -0.4 is 10.1 Å². The van der Waals surface area contributed by atoms with Crippen LogP contribution >= 0.6 is 0 Å². The molecular formula is C13H20N2O3. The van der Waals surface area contributed by atoms with E-state index < -0.39 is 6.04 Å². The average molecular weight is 252 g/mol. The lowest BCUT2D eigenvalue weighted by Crippen LogP contribution is -2.32. The molecule has 100 valence electrons. The summed E-state index contributed by atoms with van der Waals surface area (Å²) in [5.74, 6) is 1.24. The van der Waals surface area contributed by atoms with Gasteiger partial charge in [0.2, 0.25) is 0 Å². The molecule has 0 saturated carbocycles. The van der Waals surface area contributed by atoms with Crippen molar-refractivity contribution in [3.63, 3.8) is 0 Å². The van der Waals surface area contributed by atoms with Crippen LogP contribution in [0.3, 0.4) is 0 Å². The molecule has 1 rings (SSSR count). The number of pyridine rings is 1. The topological polar surface area (TPSA) is 60.5 Å². The van der Waals surface area contributed by atoms with Crippen molar-refractivity contribution in [1.29, 1.82) is 0 Å². The van der Waals surface area contributed by atoms with Gasteiger partial charge in [0.05, 0.1) is 14.2 Å². The van der Waals surface area contributed by atoms with E-state index in [1.54, 1.807) is 25.4 Å². The van der Waals surface area contributed by atoms with Gasteiger partial charge in [0, 0.05) is 6.20 Å². The van der Waals surface area contributed by atoms with Crippen LogP contribution in [-0.4, -0.2) is 31.2 Å². The molecule has 1 unspecified atom stereocenters. The highest BCUT2D eigenvalue weighted by Gasteiger charge is 2.21. The molecule has 0 saturated heterocycles. The van der Waals surface area contributed by atoms with Crippen LogP contribution in [0.4, 0.5) is 5.82 Å². The molecular weight excluding hydrogens is 232 g/mol. The third kappa shape index (κ3) is 3.91. The van der Waals surface area contributed by atoms with Gasteiger partial charge < -0.3 is 14.8 Å². The van der Waals surface area contributed by atoms with Crippen LogP contribution in [0.15, 0.2) is 18.3 Å². The first-order valence-electron chi connectivity index (χ1n) is 5.91. The number of carbonyl (C=O) groups is 1. The van der Waals surface area contributed by atoms with E-state index >= 15 is 0 Å². The first-order chi connectivity index (χ1) is 8.58. The first-order valence-corrected chi connectivity index (χ1v) is 5.91. The van der Waals surface area contributed by atoms with Crippen molar-refractivity contribution < 1.29 is 14.3 Å². The summed E-state index contributed by atoms with van der Waals surface area (Å²) in [5.41, 5.74) is 0. The molecule has 0 spiro atoms. The SMILES string of the molecule is COC(=O)C(CC(C)C)Nc1ncccc1OC. The van der Waals surface area contributed by atoms with Crippen molar-refractivity contribution in [1.82, 2.24) is 4.98 Å². The zero-order valence-electron chi connectivity index (χ0n) is 11.3. The Morgan fingerprint density at radius 3 is 2.72 bits per heavy atom. The van der Waals surface area contributed by atoms with E-state index in [1.807, 2.05) is 13.8 Å². The molecule has 0 radical (unpaired) electrons. The Labute approximate surface area is 108 Å². The summed E-state index contributed by atoms with van der Waals surface area (Å²) < 4.78 is 9.98. The number of aromatic nitrogens is 1. The van der Waals surface area contributed by atoms with Gasteiger partial charge in [-0.2, -0.15) is 0 Å². The van der Waals surface area contributed by atoms with E-state index in [0.717, 1.165) is 0 Å². The molecule has 5 heteroatoms. The first kappa shape index (κ1) is 14.3. The lowest BCUT2D eigenvalue weighted by atomic mass is 10.0. The second-order valence-corrected chi connectivity index (χ2v) is 4.40. The summed E-state index contributed by atoms with van der Waals surface area (Å²) in [5, 5.41) is 3.07. The minimum Gasteiger partial charge on any atom is -0.493 e. The predicted molar refractivity (Wildman–Crippen MR) is 69.7 cm³/mol. The number of rotatable bonds is 6. The summed E-state index contributed by atoms with van der Waals surface area (Å²) in [4.78, 5) is 15.9. The fourth-order valence-electron chi connectivity index (χ4n) is 1.66. The van der Waals surface area contributed by atoms with Crippen LogP contribution in [0.5, 0.6) is 5.75 Å². The van der Waals surface area contributed by atoms with E-state index in [-0.39, 0.29) is 5.97 Å². The van der Waals surface area contributed by atoms with Gasteiger partial charge >= 0.3 is 5.97 Å². The molecule has 1 aromatic rings. The van der Waals surface area contributed by atoms with Gasteiger partial charge in [-0.25, -0.2) is 9.78 Å². The Morgan fingerprint density at radius 1 is 1.44 bits per heavy atom. The number of esters is 1. The maximum absolute atomic E-state index is 11.7. The maximum atomic E-state index is 11.7. The van der Waals surface area contributed by atoms with E-state index in [4.69, 9.17) is 9.47 Å². The minimum atomic E-state index is -0.418. The molecule has 0 aliphatic rings. The van der Waals surface area contributed by atoms with Gasteiger partial charge in [-0.05, 0) is 24.5 Å². The minimum absolute atomic E-state index is 0.295. The van der Waals surface area contributed by atoms with Crippen LogP contribution in [-0.2, 0) is 9.53 Å². The molecule has 0 aromatic carbocycles. The number of hydrogen-bond acceptors (Lipinski definition) is 5. The van der Waals surface area contributed by atoms with Gasteiger partial charge in [-0.3, -0.25) is 0 Å². The Bertz CT molecular complexity index is 394. The van der Waals surface area contributed by atoms with E-state index in [1.165, 1.54) is 7.11 Å². The van der Waals surface area contributed by atoms with Crippen LogP contribution in [0.1, 0.15) is 20.3 Å². The molecule has 1 heterocycles. The Kier molecular flexibility index (Phi) is 5.42. The molecule has 18 heavy (non-hydrogen) atoms. The second-order valence-electron chi connectivity index (χ2n) is 4.40. The quantitative estimate of drug-likeness (QED) is 0.785. The average Bonchev–Trinajstić information content (AvgIpc) is 2.37. The number of nitrogens with zero attached hydrogens (tertiary/aromatic N) is 1. The van der Waals surface area contributed by atoms with Crippen LogP contribution in [0.25, 0.3) is 0 Å². The summed E-state index contributed by atoms with van der Waals surface area (Å²) in [6, 6.07) is 3.15. The molecule has 0 amide bonds. The number of anilines is 1. The lowest BCUT2D eigenvalue weighted by molar-refractivity contribution is -0.141. The largest absolute Gasteiger partial charge is 0.493 e. The molecule has 0 aliphatic carbocycles. The van der Waals surface area contributed by atoms with Crippen LogP contribution in [0, 0.1) is 5.92 Å². The monoisotopic (exact) mass is 252 g/mol. The number of hydrogen-bond donors (Lipinski definition) is 1. The van der Waals surface area contributed by atoms with E-state index in [0.29, 0.717) is 23.9 Å². The summed E-state index contributed by atoms with van der Waals surface area (Å²) in [7, 11) is 2.95. The maximum Gasteiger partial charge on any atom is 0.328 e. The smallest absolute Gasteiger partial charge is 0.328 e. The van der Waals surface area contributed by atoms with Gasteiger partial charge in [-0.1, -0.05) is 13.8 Å².